The summed E-state index contributed by atoms with van der Waals surface area (Å²) in [5.74, 6) is 0.698. The predicted octanol–water partition coefficient (Wildman–Crippen LogP) is 3.27. The molecule has 1 saturated carbocycles. The van der Waals surface area contributed by atoms with Crippen LogP contribution >= 0.6 is 0 Å². The molecule has 1 aliphatic heterocycles. The number of rotatable bonds is 7. The molecule has 2 amide bonds. The van der Waals surface area contributed by atoms with Crippen molar-refractivity contribution in [3.63, 3.8) is 0 Å². The molecule has 2 fully saturated rings. The van der Waals surface area contributed by atoms with Gasteiger partial charge in [0.05, 0.1) is 4.90 Å². The number of carbonyl (C=O) groups is 2. The summed E-state index contributed by atoms with van der Waals surface area (Å²) in [6.07, 6.45) is 9.26. The Hall–Kier alpha value is -1.93. The van der Waals surface area contributed by atoms with Gasteiger partial charge in [0.25, 0.3) is 0 Å². The standard InChI is InChI=1S/C22H33N3O4S/c1-17(26)23-19-8-10-21(11-9-19)30(28,29)24-20-13-15-25(16-14-20)22(27)12-7-18-5-3-2-4-6-18/h8-11,18,20,24H,2-7,12-16H2,1H3,(H,23,26). The Balaban J connectivity index is 1.45. The smallest absolute Gasteiger partial charge is 0.240 e. The number of amides is 2. The maximum Gasteiger partial charge on any atom is 0.240 e. The summed E-state index contributed by atoms with van der Waals surface area (Å²) in [6, 6.07) is 5.94. The lowest BCUT2D eigenvalue weighted by Crippen LogP contribution is -2.46. The fourth-order valence-corrected chi connectivity index (χ4v) is 5.72. The molecular formula is C22H33N3O4S. The van der Waals surface area contributed by atoms with Crippen LogP contribution in [0.5, 0.6) is 0 Å². The van der Waals surface area contributed by atoms with Gasteiger partial charge in [0.15, 0.2) is 0 Å². The van der Waals surface area contributed by atoms with Gasteiger partial charge in [-0.15, -0.1) is 0 Å². The minimum atomic E-state index is -3.63. The molecule has 7 nitrogen and oxygen atoms in total. The number of likely N-dealkylation sites (tertiary alicyclic amines) is 1. The number of nitrogens with one attached hydrogen (secondary N) is 2. The minimum absolute atomic E-state index is 0.169. The highest BCUT2D eigenvalue weighted by Crippen LogP contribution is 2.28. The van der Waals surface area contributed by atoms with E-state index in [4.69, 9.17) is 0 Å². The first-order valence-electron chi connectivity index (χ1n) is 11.0. The second-order valence-electron chi connectivity index (χ2n) is 8.52. The molecule has 2 N–H and O–H groups in total. The van der Waals surface area contributed by atoms with Crippen molar-refractivity contribution in [3.8, 4) is 0 Å². The van der Waals surface area contributed by atoms with Crippen molar-refractivity contribution < 1.29 is 18.0 Å². The molecule has 1 saturated heterocycles. The van der Waals surface area contributed by atoms with E-state index in [1.807, 2.05) is 4.90 Å². The van der Waals surface area contributed by atoms with Crippen LogP contribution in [0.3, 0.4) is 0 Å². The highest BCUT2D eigenvalue weighted by Gasteiger charge is 2.27. The number of benzene rings is 1. The zero-order chi connectivity index (χ0) is 21.6. The lowest BCUT2D eigenvalue weighted by molar-refractivity contribution is -0.132. The van der Waals surface area contributed by atoms with Crippen LogP contribution in [0.1, 0.15) is 64.7 Å². The summed E-state index contributed by atoms with van der Waals surface area (Å²) < 4.78 is 28.1. The lowest BCUT2D eigenvalue weighted by atomic mass is 9.86. The number of hydrogen-bond acceptors (Lipinski definition) is 4. The SMILES string of the molecule is CC(=O)Nc1ccc(S(=O)(=O)NC2CCN(C(=O)CCC3CCCCC3)CC2)cc1. The Morgan fingerprint density at radius 2 is 1.63 bits per heavy atom. The highest BCUT2D eigenvalue weighted by atomic mass is 32.2. The van der Waals surface area contributed by atoms with Gasteiger partial charge in [-0.2, -0.15) is 0 Å². The van der Waals surface area contributed by atoms with Crippen LogP contribution in [0.2, 0.25) is 0 Å². The Labute approximate surface area is 179 Å². The Morgan fingerprint density at radius 3 is 2.23 bits per heavy atom. The van der Waals surface area contributed by atoms with E-state index in [0.717, 1.165) is 6.42 Å². The van der Waals surface area contributed by atoms with Crippen LogP contribution in [-0.4, -0.2) is 44.3 Å². The maximum absolute atomic E-state index is 12.6. The van der Waals surface area contributed by atoms with Gasteiger partial charge in [-0.05, 0) is 49.4 Å². The molecule has 3 rings (SSSR count). The zero-order valence-corrected chi connectivity index (χ0v) is 18.5. The first kappa shape index (κ1) is 22.7. The molecule has 1 aromatic carbocycles. The number of hydrogen-bond donors (Lipinski definition) is 2. The average molecular weight is 436 g/mol. The van der Waals surface area contributed by atoms with Crippen LogP contribution < -0.4 is 10.0 Å². The Morgan fingerprint density at radius 1 is 1.00 bits per heavy atom. The van der Waals surface area contributed by atoms with Crippen LogP contribution in [0.15, 0.2) is 29.2 Å². The van der Waals surface area contributed by atoms with E-state index in [0.29, 0.717) is 44.0 Å². The van der Waals surface area contributed by atoms with Crippen LogP contribution in [0.4, 0.5) is 5.69 Å². The Bertz CT molecular complexity index is 824. The van der Waals surface area contributed by atoms with Gasteiger partial charge < -0.3 is 10.2 Å². The van der Waals surface area contributed by atoms with Gasteiger partial charge in [-0.3, -0.25) is 9.59 Å². The molecule has 0 aromatic heterocycles. The molecule has 0 spiro atoms. The van der Waals surface area contributed by atoms with E-state index in [9.17, 15) is 18.0 Å². The van der Waals surface area contributed by atoms with Crippen molar-refractivity contribution in [2.75, 3.05) is 18.4 Å². The second-order valence-corrected chi connectivity index (χ2v) is 10.2. The number of piperidine rings is 1. The molecule has 0 atom stereocenters. The third-order valence-corrected chi connectivity index (χ3v) is 7.68. The third-order valence-electron chi connectivity index (χ3n) is 6.15. The molecule has 1 heterocycles. The van der Waals surface area contributed by atoms with Gasteiger partial charge in [-0.1, -0.05) is 32.1 Å². The quantitative estimate of drug-likeness (QED) is 0.687. The number of carbonyl (C=O) groups excluding carboxylic acids is 2. The van der Waals surface area contributed by atoms with Crippen molar-refractivity contribution in [1.29, 1.82) is 0 Å². The molecule has 1 aromatic rings. The van der Waals surface area contributed by atoms with Gasteiger partial charge in [0, 0.05) is 38.2 Å². The van der Waals surface area contributed by atoms with E-state index in [1.54, 1.807) is 12.1 Å². The summed E-state index contributed by atoms with van der Waals surface area (Å²) in [5, 5.41) is 2.62. The molecule has 166 valence electrons. The number of sulfonamides is 1. The van der Waals surface area contributed by atoms with Crippen LogP contribution in [0, 0.1) is 5.92 Å². The minimum Gasteiger partial charge on any atom is -0.343 e. The fourth-order valence-electron chi connectivity index (χ4n) is 4.42. The van der Waals surface area contributed by atoms with Crippen molar-refractivity contribution in [2.24, 2.45) is 5.92 Å². The number of nitrogens with zero attached hydrogens (tertiary/aromatic N) is 1. The highest BCUT2D eigenvalue weighted by molar-refractivity contribution is 7.89. The van der Waals surface area contributed by atoms with Crippen molar-refractivity contribution in [3.05, 3.63) is 24.3 Å². The summed E-state index contributed by atoms with van der Waals surface area (Å²) in [6.45, 7) is 2.59. The average Bonchev–Trinajstić information content (AvgIpc) is 2.73. The Kier molecular flexibility index (Phi) is 7.88. The summed E-state index contributed by atoms with van der Waals surface area (Å²) >= 11 is 0. The van der Waals surface area contributed by atoms with Crippen molar-refractivity contribution in [1.82, 2.24) is 9.62 Å². The monoisotopic (exact) mass is 435 g/mol. The first-order valence-corrected chi connectivity index (χ1v) is 12.5. The van der Waals surface area contributed by atoms with Gasteiger partial charge in [-0.25, -0.2) is 13.1 Å². The predicted molar refractivity (Wildman–Crippen MR) is 116 cm³/mol. The van der Waals surface area contributed by atoms with E-state index < -0.39 is 10.0 Å². The van der Waals surface area contributed by atoms with E-state index in [2.05, 4.69) is 10.0 Å². The molecule has 0 bridgehead atoms. The first-order chi connectivity index (χ1) is 14.3. The molecule has 0 radical (unpaired) electrons. The van der Waals surface area contributed by atoms with Crippen molar-refractivity contribution >= 4 is 27.5 Å². The summed E-state index contributed by atoms with van der Waals surface area (Å²) in [5.41, 5.74) is 0.557. The molecule has 0 unspecified atom stereocenters. The second kappa shape index (κ2) is 10.4. The lowest BCUT2D eigenvalue weighted by Gasteiger charge is -2.33. The van der Waals surface area contributed by atoms with Crippen molar-refractivity contribution in [2.45, 2.75) is 75.6 Å². The van der Waals surface area contributed by atoms with E-state index in [1.165, 1.54) is 51.2 Å². The summed E-state index contributed by atoms with van der Waals surface area (Å²) in [7, 11) is -3.63. The largest absolute Gasteiger partial charge is 0.343 e. The molecule has 8 heteroatoms. The van der Waals surface area contributed by atoms with Crippen LogP contribution in [-0.2, 0) is 19.6 Å². The zero-order valence-electron chi connectivity index (χ0n) is 17.7. The molecule has 30 heavy (non-hydrogen) atoms. The summed E-state index contributed by atoms with van der Waals surface area (Å²) in [4.78, 5) is 25.7. The molecular weight excluding hydrogens is 402 g/mol. The van der Waals surface area contributed by atoms with E-state index in [-0.39, 0.29) is 22.8 Å². The third kappa shape index (κ3) is 6.54. The maximum atomic E-state index is 12.6. The van der Waals surface area contributed by atoms with Gasteiger partial charge in [0.2, 0.25) is 21.8 Å². The van der Waals surface area contributed by atoms with E-state index >= 15 is 0 Å². The fraction of sp³-hybridized carbons (Fsp3) is 0.636. The van der Waals surface area contributed by atoms with Crippen LogP contribution in [0.25, 0.3) is 0 Å². The molecule has 2 aliphatic rings. The van der Waals surface area contributed by atoms with Gasteiger partial charge >= 0.3 is 0 Å². The number of anilines is 1. The molecule has 1 aliphatic carbocycles. The topological polar surface area (TPSA) is 95.6 Å². The van der Waals surface area contributed by atoms with Gasteiger partial charge in [0.1, 0.15) is 0 Å². The normalized spacial score (nSPS) is 18.9.